The van der Waals surface area contributed by atoms with Crippen molar-refractivity contribution in [2.45, 2.75) is 51.2 Å². The molecule has 0 aromatic heterocycles. The van der Waals surface area contributed by atoms with E-state index >= 15 is 0 Å². The lowest BCUT2D eigenvalue weighted by atomic mass is 10.0. The molecule has 2 fully saturated rings. The maximum atomic E-state index is 11.9. The number of likely N-dealkylation sites (tertiary alicyclic amines) is 1. The van der Waals surface area contributed by atoms with E-state index < -0.39 is 0 Å². The molecule has 5 nitrogen and oxygen atoms in total. The van der Waals surface area contributed by atoms with Crippen LogP contribution in [0.1, 0.15) is 44.1 Å². The molecule has 0 bridgehead atoms. The first-order chi connectivity index (χ1) is 13.3. The highest BCUT2D eigenvalue weighted by molar-refractivity contribution is 5.75. The van der Waals surface area contributed by atoms with E-state index in [-0.39, 0.29) is 5.91 Å². The summed E-state index contributed by atoms with van der Waals surface area (Å²) in [6.45, 7) is 6.90. The van der Waals surface area contributed by atoms with Gasteiger partial charge in [-0.2, -0.15) is 0 Å². The number of hydrogen-bond acceptors (Lipinski definition) is 4. The van der Waals surface area contributed by atoms with Gasteiger partial charge in [-0.1, -0.05) is 30.3 Å². The molecule has 2 aliphatic heterocycles. The van der Waals surface area contributed by atoms with Crippen LogP contribution in [0.3, 0.4) is 0 Å². The molecule has 3 rings (SSSR count). The van der Waals surface area contributed by atoms with Crippen molar-refractivity contribution >= 4 is 5.91 Å². The molecule has 27 heavy (non-hydrogen) atoms. The number of hydrogen-bond donors (Lipinski definition) is 2. The Morgan fingerprint density at radius 2 is 2.00 bits per heavy atom. The number of nitrogens with one attached hydrogen (secondary N) is 2. The number of carbonyl (C=O) groups excluding carboxylic acids is 1. The highest BCUT2D eigenvalue weighted by Crippen LogP contribution is 2.16. The van der Waals surface area contributed by atoms with Crippen LogP contribution in [0.4, 0.5) is 0 Å². The average Bonchev–Trinajstić information content (AvgIpc) is 3.22. The molecule has 2 aliphatic rings. The molecule has 0 spiro atoms. The van der Waals surface area contributed by atoms with Gasteiger partial charge in [0.15, 0.2) is 0 Å². The van der Waals surface area contributed by atoms with E-state index in [0.717, 1.165) is 71.6 Å². The zero-order valence-corrected chi connectivity index (χ0v) is 16.5. The smallest absolute Gasteiger partial charge is 0.220 e. The first kappa shape index (κ1) is 20.3. The van der Waals surface area contributed by atoms with E-state index in [1.807, 2.05) is 0 Å². The van der Waals surface area contributed by atoms with Crippen molar-refractivity contribution in [3.63, 3.8) is 0 Å². The van der Waals surface area contributed by atoms with Crippen LogP contribution in [0.2, 0.25) is 0 Å². The van der Waals surface area contributed by atoms with Crippen LogP contribution in [-0.2, 0) is 16.1 Å². The van der Waals surface area contributed by atoms with Crippen LogP contribution in [0.25, 0.3) is 0 Å². The average molecular weight is 374 g/mol. The molecule has 0 radical (unpaired) electrons. The van der Waals surface area contributed by atoms with E-state index in [1.165, 1.54) is 12.0 Å². The Labute approximate surface area is 163 Å². The summed E-state index contributed by atoms with van der Waals surface area (Å²) in [6, 6.07) is 10.7. The molecule has 0 saturated carbocycles. The van der Waals surface area contributed by atoms with E-state index in [4.69, 9.17) is 4.74 Å². The normalized spacial score (nSPS) is 21.4. The molecule has 1 atom stereocenters. The minimum absolute atomic E-state index is 0.191. The van der Waals surface area contributed by atoms with Crippen molar-refractivity contribution in [1.82, 2.24) is 15.5 Å². The summed E-state index contributed by atoms with van der Waals surface area (Å²) in [5.41, 5.74) is 1.39. The molecule has 1 aromatic carbocycles. The topological polar surface area (TPSA) is 53.6 Å². The van der Waals surface area contributed by atoms with Crippen LogP contribution >= 0.6 is 0 Å². The minimum atomic E-state index is 0.191. The van der Waals surface area contributed by atoms with Crippen LogP contribution in [0, 0.1) is 5.92 Å². The van der Waals surface area contributed by atoms with Gasteiger partial charge in [0.05, 0.1) is 6.10 Å². The Kier molecular flexibility index (Phi) is 8.59. The van der Waals surface area contributed by atoms with Gasteiger partial charge in [0.1, 0.15) is 0 Å². The van der Waals surface area contributed by atoms with Crippen LogP contribution in [-0.4, -0.2) is 56.2 Å². The van der Waals surface area contributed by atoms with Gasteiger partial charge in [-0.05, 0) is 56.7 Å². The van der Waals surface area contributed by atoms with Gasteiger partial charge in [-0.25, -0.2) is 0 Å². The highest BCUT2D eigenvalue weighted by atomic mass is 16.5. The van der Waals surface area contributed by atoms with Crippen LogP contribution in [0.5, 0.6) is 0 Å². The number of nitrogens with zero attached hydrogens (tertiary/aromatic N) is 1. The molecule has 1 aromatic rings. The Bertz CT molecular complexity index is 538. The third-order valence-electron chi connectivity index (χ3n) is 5.72. The van der Waals surface area contributed by atoms with E-state index in [9.17, 15) is 4.79 Å². The van der Waals surface area contributed by atoms with Crippen molar-refractivity contribution in [2.24, 2.45) is 5.92 Å². The Hall–Kier alpha value is -1.43. The van der Waals surface area contributed by atoms with Gasteiger partial charge in [-0.15, -0.1) is 0 Å². The summed E-state index contributed by atoms with van der Waals surface area (Å²) in [5.74, 6) is 0.878. The Morgan fingerprint density at radius 1 is 1.19 bits per heavy atom. The molecule has 1 unspecified atom stereocenters. The van der Waals surface area contributed by atoms with E-state index in [1.54, 1.807) is 0 Å². The Morgan fingerprint density at radius 3 is 2.74 bits per heavy atom. The monoisotopic (exact) mass is 373 g/mol. The second kappa shape index (κ2) is 11.4. The summed E-state index contributed by atoms with van der Waals surface area (Å²) >= 11 is 0. The summed E-state index contributed by atoms with van der Waals surface area (Å²) < 4.78 is 6.02. The van der Waals surface area contributed by atoms with E-state index in [2.05, 4.69) is 45.9 Å². The van der Waals surface area contributed by atoms with Crippen molar-refractivity contribution < 1.29 is 9.53 Å². The number of benzene rings is 1. The molecule has 150 valence electrons. The summed E-state index contributed by atoms with van der Waals surface area (Å²) in [7, 11) is 0. The lowest BCUT2D eigenvalue weighted by molar-refractivity contribution is -0.121. The summed E-state index contributed by atoms with van der Waals surface area (Å²) in [6.07, 6.45) is 6.38. The van der Waals surface area contributed by atoms with Crippen molar-refractivity contribution in [2.75, 3.05) is 39.3 Å². The highest BCUT2D eigenvalue weighted by Gasteiger charge is 2.19. The van der Waals surface area contributed by atoms with Gasteiger partial charge in [-0.3, -0.25) is 9.69 Å². The zero-order valence-electron chi connectivity index (χ0n) is 16.5. The number of carbonyl (C=O) groups is 1. The molecule has 5 heteroatoms. The zero-order chi connectivity index (χ0) is 18.7. The van der Waals surface area contributed by atoms with E-state index in [0.29, 0.717) is 18.4 Å². The standard InChI is InChI=1S/C22H35N3O2/c26-22(8-7-19-9-13-23-17-19)24-12-4-16-27-21-10-14-25(15-11-21)18-20-5-2-1-3-6-20/h1-3,5-6,19,21,23H,4,7-18H2,(H,24,26). The predicted molar refractivity (Wildman–Crippen MR) is 109 cm³/mol. The lowest BCUT2D eigenvalue weighted by Gasteiger charge is -2.32. The van der Waals surface area contributed by atoms with Gasteiger partial charge >= 0.3 is 0 Å². The Balaban J connectivity index is 1.18. The first-order valence-electron chi connectivity index (χ1n) is 10.6. The molecular formula is C22H35N3O2. The SMILES string of the molecule is O=C(CCC1CCNC1)NCCCOC1CCN(Cc2ccccc2)CC1. The fourth-order valence-electron chi connectivity index (χ4n) is 4.01. The summed E-state index contributed by atoms with van der Waals surface area (Å²) in [4.78, 5) is 14.4. The minimum Gasteiger partial charge on any atom is -0.378 e. The van der Waals surface area contributed by atoms with Crippen LogP contribution < -0.4 is 10.6 Å². The second-order valence-corrected chi connectivity index (χ2v) is 7.93. The van der Waals surface area contributed by atoms with Crippen LogP contribution in [0.15, 0.2) is 30.3 Å². The third kappa shape index (κ3) is 7.60. The fraction of sp³-hybridized carbons (Fsp3) is 0.682. The second-order valence-electron chi connectivity index (χ2n) is 7.93. The van der Waals surface area contributed by atoms with Crippen molar-refractivity contribution in [1.29, 1.82) is 0 Å². The predicted octanol–water partition coefficient (Wildman–Crippen LogP) is 2.56. The molecule has 2 N–H and O–H groups in total. The van der Waals surface area contributed by atoms with Gasteiger partial charge in [0.25, 0.3) is 0 Å². The first-order valence-corrected chi connectivity index (χ1v) is 10.6. The maximum absolute atomic E-state index is 11.9. The lowest BCUT2D eigenvalue weighted by Crippen LogP contribution is -2.36. The largest absolute Gasteiger partial charge is 0.378 e. The molecule has 0 aliphatic carbocycles. The number of amides is 1. The fourth-order valence-corrected chi connectivity index (χ4v) is 4.01. The van der Waals surface area contributed by atoms with Gasteiger partial charge < -0.3 is 15.4 Å². The third-order valence-corrected chi connectivity index (χ3v) is 5.72. The van der Waals surface area contributed by atoms with Gasteiger partial charge in [0, 0.05) is 39.2 Å². The number of piperidine rings is 1. The molecule has 2 heterocycles. The molecule has 2 saturated heterocycles. The quantitative estimate of drug-likeness (QED) is 0.619. The van der Waals surface area contributed by atoms with Crippen molar-refractivity contribution in [3.05, 3.63) is 35.9 Å². The maximum Gasteiger partial charge on any atom is 0.220 e. The molecule has 1 amide bonds. The summed E-state index contributed by atoms with van der Waals surface area (Å²) in [5, 5.41) is 6.38. The number of rotatable bonds is 10. The van der Waals surface area contributed by atoms with Gasteiger partial charge in [0.2, 0.25) is 5.91 Å². The van der Waals surface area contributed by atoms with Crippen molar-refractivity contribution in [3.8, 4) is 0 Å². The molecular weight excluding hydrogens is 338 g/mol. The number of ether oxygens (including phenoxy) is 1.